The van der Waals surface area contributed by atoms with Crippen LogP contribution in [0, 0.1) is 0 Å². The first-order valence-corrected chi connectivity index (χ1v) is 11.8. The van der Waals surface area contributed by atoms with Gasteiger partial charge in [-0.15, -0.1) is 10.2 Å². The predicted octanol–water partition coefficient (Wildman–Crippen LogP) is 3.09. The van der Waals surface area contributed by atoms with Gasteiger partial charge in [-0.05, 0) is 43.0 Å². The molecule has 9 heteroatoms. The van der Waals surface area contributed by atoms with Gasteiger partial charge in [0, 0.05) is 43.6 Å². The molecule has 33 heavy (non-hydrogen) atoms. The molecule has 1 N–H and O–H groups in total. The Labute approximate surface area is 197 Å². The minimum absolute atomic E-state index is 0.141. The van der Waals surface area contributed by atoms with Crippen LogP contribution in [0.25, 0.3) is 0 Å². The van der Waals surface area contributed by atoms with Gasteiger partial charge in [0.2, 0.25) is 0 Å². The zero-order valence-corrected chi connectivity index (χ0v) is 19.5. The average molecular weight is 466 g/mol. The number of hydrogen-bond donors (Lipinski definition) is 1. The average Bonchev–Trinajstić information content (AvgIpc) is 3.23. The molecule has 3 aromatic rings. The fraction of sp³-hybridized carbons (Fsp3) is 0.375. The minimum atomic E-state index is -0.493. The first-order valence-electron chi connectivity index (χ1n) is 11.0. The zero-order chi connectivity index (χ0) is 23.4. The number of ketones is 1. The maximum Gasteiger partial charge on any atom is 0.254 e. The van der Waals surface area contributed by atoms with Gasteiger partial charge in [-0.25, -0.2) is 0 Å². The van der Waals surface area contributed by atoms with E-state index in [1.165, 1.54) is 6.20 Å². The minimum Gasteiger partial charge on any atom is -0.391 e. The van der Waals surface area contributed by atoms with Gasteiger partial charge in [-0.3, -0.25) is 14.6 Å². The van der Waals surface area contributed by atoms with Crippen molar-refractivity contribution in [3.63, 3.8) is 0 Å². The van der Waals surface area contributed by atoms with Gasteiger partial charge in [0.1, 0.15) is 12.0 Å². The van der Waals surface area contributed by atoms with Crippen molar-refractivity contribution in [2.75, 3.05) is 13.1 Å². The van der Waals surface area contributed by atoms with Crippen LogP contribution in [0.4, 0.5) is 0 Å². The van der Waals surface area contributed by atoms with Crippen LogP contribution < -0.4 is 0 Å². The van der Waals surface area contributed by atoms with Gasteiger partial charge in [0.15, 0.2) is 10.9 Å². The summed E-state index contributed by atoms with van der Waals surface area (Å²) in [7, 11) is 1.91. The third-order valence-corrected chi connectivity index (χ3v) is 6.92. The van der Waals surface area contributed by atoms with Crippen LogP contribution in [0.5, 0.6) is 0 Å². The van der Waals surface area contributed by atoms with Crippen LogP contribution in [-0.2, 0) is 13.5 Å². The van der Waals surface area contributed by atoms with Crippen molar-refractivity contribution >= 4 is 23.5 Å². The number of aliphatic hydroxyl groups is 1. The molecule has 0 unspecified atom stereocenters. The molecular weight excluding hydrogens is 438 g/mol. The second-order valence-corrected chi connectivity index (χ2v) is 9.61. The molecule has 1 amide bonds. The molecule has 0 aliphatic carbocycles. The number of rotatable bonds is 7. The molecule has 1 aliphatic rings. The van der Waals surface area contributed by atoms with E-state index in [1.807, 2.05) is 35.9 Å². The lowest BCUT2D eigenvalue weighted by molar-refractivity contribution is 0.0473. The Bertz CT molecular complexity index is 1150. The van der Waals surface area contributed by atoms with E-state index in [1.54, 1.807) is 35.1 Å². The number of amides is 1. The Morgan fingerprint density at radius 3 is 2.88 bits per heavy atom. The Morgan fingerprint density at radius 2 is 2.12 bits per heavy atom. The fourth-order valence-electron chi connectivity index (χ4n) is 3.88. The van der Waals surface area contributed by atoms with Crippen molar-refractivity contribution in [3.05, 3.63) is 71.3 Å². The molecule has 0 spiro atoms. The van der Waals surface area contributed by atoms with Crippen LogP contribution in [-0.4, -0.2) is 60.6 Å². The van der Waals surface area contributed by atoms with Crippen molar-refractivity contribution in [3.8, 4) is 0 Å². The molecule has 1 saturated heterocycles. The summed E-state index contributed by atoms with van der Waals surface area (Å²) in [6.07, 6.45) is 4.35. The van der Waals surface area contributed by atoms with Crippen molar-refractivity contribution < 1.29 is 14.7 Å². The number of piperidine rings is 1. The third-order valence-electron chi connectivity index (χ3n) is 5.71. The van der Waals surface area contributed by atoms with E-state index in [4.69, 9.17) is 0 Å². The summed E-state index contributed by atoms with van der Waals surface area (Å²) < 4.78 is 1.87. The second-order valence-electron chi connectivity index (χ2n) is 8.31. The fourth-order valence-corrected chi connectivity index (χ4v) is 4.78. The van der Waals surface area contributed by atoms with E-state index < -0.39 is 6.10 Å². The molecular formula is C24H27N5O3S. The highest BCUT2D eigenvalue weighted by atomic mass is 32.2. The zero-order valence-electron chi connectivity index (χ0n) is 18.7. The summed E-state index contributed by atoms with van der Waals surface area (Å²) >= 11 is 1.60. The summed E-state index contributed by atoms with van der Waals surface area (Å²) in [5, 5.41) is 18.9. The number of Topliss-reactive ketones (excluding diaryl/α,β-unsaturated/α-hetero) is 1. The van der Waals surface area contributed by atoms with Gasteiger partial charge in [0.25, 0.3) is 5.91 Å². The van der Waals surface area contributed by atoms with E-state index in [0.29, 0.717) is 25.1 Å². The molecule has 2 aromatic heterocycles. The number of aromatic nitrogens is 4. The third kappa shape index (κ3) is 5.66. The molecule has 1 fully saturated rings. The van der Waals surface area contributed by atoms with Crippen molar-refractivity contribution in [2.45, 2.75) is 42.7 Å². The quantitative estimate of drug-likeness (QED) is 0.423. The number of nitrogens with zero attached hydrogens (tertiary/aromatic N) is 5. The number of benzene rings is 1. The topological polar surface area (TPSA) is 101 Å². The molecule has 0 bridgehead atoms. The molecule has 3 heterocycles. The van der Waals surface area contributed by atoms with Crippen LogP contribution in [0.15, 0.2) is 54.1 Å². The predicted molar refractivity (Wildman–Crippen MR) is 125 cm³/mol. The van der Waals surface area contributed by atoms with Crippen molar-refractivity contribution in [2.24, 2.45) is 7.05 Å². The Balaban J connectivity index is 1.44. The smallest absolute Gasteiger partial charge is 0.254 e. The van der Waals surface area contributed by atoms with Crippen LogP contribution in [0.2, 0.25) is 0 Å². The van der Waals surface area contributed by atoms with Gasteiger partial charge in [-0.1, -0.05) is 36.0 Å². The second kappa shape index (κ2) is 10.3. The van der Waals surface area contributed by atoms with Crippen LogP contribution in [0.3, 0.4) is 0 Å². The number of thioether (sulfide) groups is 1. The Kier molecular flexibility index (Phi) is 7.20. The highest BCUT2D eigenvalue weighted by Crippen LogP contribution is 2.33. The van der Waals surface area contributed by atoms with E-state index in [0.717, 1.165) is 22.7 Å². The summed E-state index contributed by atoms with van der Waals surface area (Å²) in [5.41, 5.74) is 2.67. The van der Waals surface area contributed by atoms with Gasteiger partial charge in [-0.2, -0.15) is 0 Å². The molecule has 0 radical (unpaired) electrons. The highest BCUT2D eigenvalue weighted by molar-refractivity contribution is 7.99. The van der Waals surface area contributed by atoms with E-state index in [2.05, 4.69) is 22.1 Å². The Morgan fingerprint density at radius 1 is 1.27 bits per heavy atom. The molecule has 1 aliphatic heterocycles. The molecule has 1 aromatic carbocycles. The lowest BCUT2D eigenvalue weighted by Gasteiger charge is -2.30. The van der Waals surface area contributed by atoms with E-state index in [9.17, 15) is 14.7 Å². The lowest BCUT2D eigenvalue weighted by Crippen LogP contribution is -2.42. The number of carbonyl (C=O) groups excluding carboxylic acids is 2. The summed E-state index contributed by atoms with van der Waals surface area (Å²) in [4.78, 5) is 31.6. The number of carbonyl (C=O) groups is 2. The first kappa shape index (κ1) is 23.1. The van der Waals surface area contributed by atoms with Crippen LogP contribution in [0.1, 0.15) is 57.0 Å². The van der Waals surface area contributed by atoms with Crippen molar-refractivity contribution in [1.29, 1.82) is 0 Å². The largest absolute Gasteiger partial charge is 0.391 e. The van der Waals surface area contributed by atoms with Gasteiger partial charge in [0.05, 0.1) is 6.10 Å². The standard InChI is InChI=1S/C24H27N5O3S/c1-16(33-24-27-26-15-28(24)2)18-6-3-5-17(11-18)12-22(31)21-13-19(8-9-25-21)23(32)29-10-4-7-20(30)14-29/h3,5-6,8-9,11,13,15-16,20,30H,4,7,10,12,14H2,1-2H3/t16-,20+/m0/s1. The summed E-state index contributed by atoms with van der Waals surface area (Å²) in [6, 6.07) is 11.1. The van der Waals surface area contributed by atoms with Crippen molar-refractivity contribution in [1.82, 2.24) is 24.6 Å². The number of likely N-dealkylation sites (tertiary alicyclic amines) is 1. The number of hydrogen-bond acceptors (Lipinski definition) is 7. The molecule has 172 valence electrons. The highest BCUT2D eigenvalue weighted by Gasteiger charge is 2.24. The van der Waals surface area contributed by atoms with E-state index in [-0.39, 0.29) is 29.1 Å². The Hall–Kier alpha value is -3.04. The van der Waals surface area contributed by atoms with Crippen LogP contribution >= 0.6 is 11.8 Å². The molecule has 4 rings (SSSR count). The monoisotopic (exact) mass is 465 g/mol. The number of β-amino-alcohol motifs (C(OH)–C–C–N with tert-alkyl or cyclic N) is 1. The molecule has 8 nitrogen and oxygen atoms in total. The SMILES string of the molecule is C[C@H](Sc1nncn1C)c1cccc(CC(=O)c2cc(C(=O)N3CCC[C@@H](O)C3)ccn2)c1. The van der Waals surface area contributed by atoms with Gasteiger partial charge < -0.3 is 14.6 Å². The number of pyridine rings is 1. The molecule has 0 saturated carbocycles. The number of aliphatic hydroxyl groups excluding tert-OH is 1. The lowest BCUT2D eigenvalue weighted by atomic mass is 10.0. The summed E-state index contributed by atoms with van der Waals surface area (Å²) in [6.45, 7) is 3.02. The maximum atomic E-state index is 12.9. The van der Waals surface area contributed by atoms with E-state index >= 15 is 0 Å². The summed E-state index contributed by atoms with van der Waals surface area (Å²) in [5.74, 6) is -0.323. The normalized spacial score (nSPS) is 17.1. The number of aryl methyl sites for hydroxylation is 1. The molecule has 2 atom stereocenters. The maximum absolute atomic E-state index is 12.9. The first-order chi connectivity index (χ1) is 15.9. The van der Waals surface area contributed by atoms with Gasteiger partial charge >= 0.3 is 0 Å².